The lowest BCUT2D eigenvalue weighted by Crippen LogP contribution is -2.14. The van der Waals surface area contributed by atoms with Gasteiger partial charge in [-0.1, -0.05) is 46.3 Å². The molecule has 2 aromatic carbocycles. The highest BCUT2D eigenvalue weighted by atomic mass is 79.9. The molecule has 0 unspecified atom stereocenters. The number of likely N-dealkylation sites (N-methyl/N-ethyl adjacent to an activating group) is 1. The normalized spacial score (nSPS) is 10.6. The molecule has 0 bridgehead atoms. The van der Waals surface area contributed by atoms with E-state index in [4.69, 9.17) is 0 Å². The summed E-state index contributed by atoms with van der Waals surface area (Å²) in [6, 6.07) is 12.3. The highest BCUT2D eigenvalue weighted by molar-refractivity contribution is 9.10. The van der Waals surface area contributed by atoms with Crippen LogP contribution in [0.25, 0.3) is 0 Å². The van der Waals surface area contributed by atoms with Gasteiger partial charge in [-0.3, -0.25) is 4.79 Å². The van der Waals surface area contributed by atoms with Gasteiger partial charge in [0, 0.05) is 16.5 Å². The molecule has 2 aromatic rings. The van der Waals surface area contributed by atoms with Gasteiger partial charge in [0.2, 0.25) is 0 Å². The molecule has 0 atom stereocenters. The Kier molecular flexibility index (Phi) is 5.65. The van der Waals surface area contributed by atoms with Crippen LogP contribution in [0.1, 0.15) is 21.5 Å². The number of rotatable bonds is 6. The number of hydrogen-bond donors (Lipinski definition) is 1. The van der Waals surface area contributed by atoms with E-state index in [0.29, 0.717) is 15.6 Å². The van der Waals surface area contributed by atoms with Crippen LogP contribution in [-0.2, 0) is 12.8 Å². The molecule has 2 rings (SSSR count). The zero-order valence-corrected chi connectivity index (χ0v) is 13.4. The molecule has 1 N–H and O–H groups in total. The van der Waals surface area contributed by atoms with Gasteiger partial charge >= 0.3 is 0 Å². The van der Waals surface area contributed by atoms with Crippen molar-refractivity contribution in [3.05, 3.63) is 69.4 Å². The number of nitrogens with one attached hydrogen (secondary N) is 1. The van der Waals surface area contributed by atoms with Crippen molar-refractivity contribution in [3.8, 4) is 0 Å². The first kappa shape index (κ1) is 15.9. The number of carbonyl (C=O) groups excluding carboxylic acids is 1. The number of halogens is 2. The van der Waals surface area contributed by atoms with Crippen LogP contribution in [0.2, 0.25) is 0 Å². The molecule has 21 heavy (non-hydrogen) atoms. The lowest BCUT2D eigenvalue weighted by molar-refractivity contribution is 0.0991. The molecular weight excluding hydrogens is 333 g/mol. The van der Waals surface area contributed by atoms with Gasteiger partial charge in [-0.2, -0.15) is 0 Å². The predicted octanol–water partition coefficient (Wildman–Crippen LogP) is 3.78. The van der Waals surface area contributed by atoms with Gasteiger partial charge in [-0.05, 0) is 43.3 Å². The second-order valence-corrected chi connectivity index (χ2v) is 5.76. The van der Waals surface area contributed by atoms with Gasteiger partial charge in [0.25, 0.3) is 0 Å². The lowest BCUT2D eigenvalue weighted by Gasteiger charge is -2.09. The Hall–Kier alpha value is -1.52. The van der Waals surface area contributed by atoms with E-state index in [0.717, 1.165) is 18.5 Å². The van der Waals surface area contributed by atoms with Crippen LogP contribution in [0.4, 0.5) is 4.39 Å². The van der Waals surface area contributed by atoms with Crippen LogP contribution < -0.4 is 5.32 Å². The van der Waals surface area contributed by atoms with Crippen LogP contribution in [0.5, 0.6) is 0 Å². The average Bonchev–Trinajstić information content (AvgIpc) is 2.48. The maximum absolute atomic E-state index is 13.8. The minimum Gasteiger partial charge on any atom is -0.319 e. The minimum absolute atomic E-state index is 0.0528. The van der Waals surface area contributed by atoms with E-state index < -0.39 is 0 Å². The number of benzene rings is 2. The molecule has 110 valence electrons. The Labute approximate surface area is 132 Å². The van der Waals surface area contributed by atoms with Crippen molar-refractivity contribution in [2.45, 2.75) is 12.8 Å². The third kappa shape index (κ3) is 4.22. The molecule has 0 fully saturated rings. The van der Waals surface area contributed by atoms with Crippen LogP contribution in [-0.4, -0.2) is 19.4 Å². The van der Waals surface area contributed by atoms with Gasteiger partial charge in [0.05, 0.1) is 0 Å². The fourth-order valence-corrected chi connectivity index (χ4v) is 2.54. The highest BCUT2D eigenvalue weighted by Crippen LogP contribution is 2.18. The summed E-state index contributed by atoms with van der Waals surface area (Å²) in [7, 11) is 1.88. The molecule has 0 aliphatic rings. The Morgan fingerprint density at radius 3 is 2.67 bits per heavy atom. The summed E-state index contributed by atoms with van der Waals surface area (Å²) in [5.74, 6) is -0.409. The summed E-state index contributed by atoms with van der Waals surface area (Å²) in [5.41, 5.74) is 2.09. The Morgan fingerprint density at radius 2 is 1.95 bits per heavy atom. The topological polar surface area (TPSA) is 29.1 Å². The Bertz CT molecular complexity index is 642. The van der Waals surface area contributed by atoms with E-state index in [1.54, 1.807) is 12.1 Å². The second kappa shape index (κ2) is 7.48. The molecule has 0 saturated carbocycles. The summed E-state index contributed by atoms with van der Waals surface area (Å²) < 4.78 is 14.5. The van der Waals surface area contributed by atoms with Crippen molar-refractivity contribution in [1.29, 1.82) is 0 Å². The SMILES string of the molecule is CNCCc1ccccc1C(=O)Cc1ccc(Br)cc1F. The molecule has 0 amide bonds. The molecule has 2 nitrogen and oxygen atoms in total. The number of hydrogen-bond acceptors (Lipinski definition) is 2. The third-order valence-electron chi connectivity index (χ3n) is 3.33. The average molecular weight is 350 g/mol. The van der Waals surface area contributed by atoms with Gasteiger partial charge in [-0.25, -0.2) is 4.39 Å². The van der Waals surface area contributed by atoms with Crippen molar-refractivity contribution >= 4 is 21.7 Å². The van der Waals surface area contributed by atoms with Gasteiger partial charge in [-0.15, -0.1) is 0 Å². The molecule has 0 saturated heterocycles. The van der Waals surface area contributed by atoms with Crippen LogP contribution in [0.3, 0.4) is 0 Å². The molecule has 0 radical (unpaired) electrons. The Morgan fingerprint density at radius 1 is 1.19 bits per heavy atom. The second-order valence-electron chi connectivity index (χ2n) is 4.85. The third-order valence-corrected chi connectivity index (χ3v) is 3.82. The number of Topliss-reactive ketones (excluding diaryl/α,β-unsaturated/α-hetero) is 1. The fraction of sp³-hybridized carbons (Fsp3) is 0.235. The van der Waals surface area contributed by atoms with Crippen molar-refractivity contribution < 1.29 is 9.18 Å². The molecule has 0 aromatic heterocycles. The zero-order chi connectivity index (χ0) is 15.2. The minimum atomic E-state index is -0.356. The summed E-state index contributed by atoms with van der Waals surface area (Å²) in [5, 5.41) is 3.07. The molecule has 0 spiro atoms. The van der Waals surface area contributed by atoms with E-state index in [2.05, 4.69) is 21.2 Å². The van der Waals surface area contributed by atoms with E-state index >= 15 is 0 Å². The Balaban J connectivity index is 2.20. The first-order valence-electron chi connectivity index (χ1n) is 6.81. The summed E-state index contributed by atoms with van der Waals surface area (Å²) in [6.07, 6.45) is 0.858. The first-order chi connectivity index (χ1) is 10.1. The molecular formula is C17H17BrFNO. The van der Waals surface area contributed by atoms with Crippen molar-refractivity contribution in [1.82, 2.24) is 5.32 Å². The smallest absolute Gasteiger partial charge is 0.167 e. The van der Waals surface area contributed by atoms with E-state index in [1.165, 1.54) is 6.07 Å². The quantitative estimate of drug-likeness (QED) is 0.804. The van der Waals surface area contributed by atoms with E-state index in [9.17, 15) is 9.18 Å². The van der Waals surface area contributed by atoms with Gasteiger partial charge in [0.15, 0.2) is 5.78 Å². The van der Waals surface area contributed by atoms with Crippen molar-refractivity contribution in [2.75, 3.05) is 13.6 Å². The summed E-state index contributed by atoms with van der Waals surface area (Å²) >= 11 is 3.22. The summed E-state index contributed by atoms with van der Waals surface area (Å²) in [6.45, 7) is 0.803. The maximum Gasteiger partial charge on any atom is 0.167 e. The van der Waals surface area contributed by atoms with Gasteiger partial charge in [0.1, 0.15) is 5.82 Å². The predicted molar refractivity (Wildman–Crippen MR) is 86.2 cm³/mol. The van der Waals surface area contributed by atoms with Crippen molar-refractivity contribution in [2.24, 2.45) is 0 Å². The summed E-state index contributed by atoms with van der Waals surface area (Å²) in [4.78, 5) is 12.4. The van der Waals surface area contributed by atoms with Crippen molar-refractivity contribution in [3.63, 3.8) is 0 Å². The van der Waals surface area contributed by atoms with E-state index in [-0.39, 0.29) is 18.0 Å². The molecule has 4 heteroatoms. The van der Waals surface area contributed by atoms with Crippen LogP contribution in [0, 0.1) is 5.82 Å². The standard InChI is InChI=1S/C17H17BrFNO/c1-20-9-8-12-4-2-3-5-15(12)17(21)10-13-6-7-14(18)11-16(13)19/h2-7,11,20H,8-10H2,1H3. The van der Waals surface area contributed by atoms with Gasteiger partial charge < -0.3 is 5.32 Å². The monoisotopic (exact) mass is 349 g/mol. The number of ketones is 1. The lowest BCUT2D eigenvalue weighted by atomic mass is 9.96. The number of carbonyl (C=O) groups is 1. The fourth-order valence-electron chi connectivity index (χ4n) is 2.20. The highest BCUT2D eigenvalue weighted by Gasteiger charge is 2.13. The molecule has 0 aliphatic heterocycles. The zero-order valence-electron chi connectivity index (χ0n) is 11.8. The molecule has 0 aliphatic carbocycles. The largest absolute Gasteiger partial charge is 0.319 e. The first-order valence-corrected chi connectivity index (χ1v) is 7.60. The maximum atomic E-state index is 13.8. The van der Waals surface area contributed by atoms with Crippen LogP contribution >= 0.6 is 15.9 Å². The molecule has 0 heterocycles. The van der Waals surface area contributed by atoms with E-state index in [1.807, 2.05) is 31.3 Å². The van der Waals surface area contributed by atoms with Crippen LogP contribution in [0.15, 0.2) is 46.9 Å².